The Kier molecular flexibility index (Phi) is 5.90. The Morgan fingerprint density at radius 3 is 1.64 bits per heavy atom. The molecule has 0 aliphatic carbocycles. The molecule has 0 rings (SSSR count). The van der Waals surface area contributed by atoms with Crippen LogP contribution in [-0.4, -0.2) is 33.4 Å². The molecule has 0 bridgehead atoms. The summed E-state index contributed by atoms with van der Waals surface area (Å²) >= 11 is -2.71. The number of allylic oxidation sites excluding steroid dienone is 2. The van der Waals surface area contributed by atoms with Crippen molar-refractivity contribution in [1.82, 2.24) is 0 Å². The van der Waals surface area contributed by atoms with Crippen LogP contribution in [-0.2, 0) is 6.15 Å². The van der Waals surface area contributed by atoms with Crippen LogP contribution < -0.4 is 0 Å². The van der Waals surface area contributed by atoms with Crippen LogP contribution in [0, 0.1) is 0 Å². The van der Waals surface area contributed by atoms with E-state index in [0.29, 0.717) is 0 Å². The molecule has 0 N–H and O–H groups in total. The van der Waals surface area contributed by atoms with Gasteiger partial charge in [0.15, 0.2) is 0 Å². The number of rotatable bonds is 6. The summed E-state index contributed by atoms with van der Waals surface area (Å²) in [7, 11) is 3.43. The summed E-state index contributed by atoms with van der Waals surface area (Å²) in [5.74, 6) is 0. The topological polar surface area (TPSA) is 18.5 Å². The summed E-state index contributed by atoms with van der Waals surface area (Å²) in [4.78, 5) is 0. The molecule has 0 saturated heterocycles. The Balaban J connectivity index is 4.17. The number of hydrogen-bond acceptors (Lipinski definition) is 2. The fourth-order valence-corrected chi connectivity index (χ4v) is 6.30. The molecule has 11 heavy (non-hydrogen) atoms. The molecule has 0 spiro atoms. The van der Waals surface area contributed by atoms with Gasteiger partial charge in [0.1, 0.15) is 0 Å². The third kappa shape index (κ3) is 3.40. The van der Waals surface area contributed by atoms with E-state index in [-0.39, 0.29) is 0 Å². The van der Waals surface area contributed by atoms with Crippen LogP contribution in [0.15, 0.2) is 25.3 Å². The Bertz CT molecular complexity index is 118. The minimum absolute atomic E-state index is 0.883. The summed E-state index contributed by atoms with van der Waals surface area (Å²) in [5, 5.41) is 0. The van der Waals surface area contributed by atoms with Crippen LogP contribution in [0.3, 0.4) is 0 Å². The van der Waals surface area contributed by atoms with Gasteiger partial charge < -0.3 is 0 Å². The maximum atomic E-state index is 5.41. The van der Waals surface area contributed by atoms with Crippen molar-refractivity contribution in [2.45, 2.75) is 8.87 Å². The van der Waals surface area contributed by atoms with Crippen molar-refractivity contribution in [2.24, 2.45) is 0 Å². The van der Waals surface area contributed by atoms with Crippen molar-refractivity contribution in [1.29, 1.82) is 0 Å². The van der Waals surface area contributed by atoms with Crippen LogP contribution >= 0.6 is 0 Å². The van der Waals surface area contributed by atoms with Crippen LogP contribution in [0.2, 0.25) is 8.87 Å². The number of hydrogen-bond donors (Lipinski definition) is 0. The minimum atomic E-state index is -2.71. The van der Waals surface area contributed by atoms with E-state index < -0.39 is 19.2 Å². The molecule has 64 valence electrons. The van der Waals surface area contributed by atoms with Gasteiger partial charge in [0.2, 0.25) is 0 Å². The zero-order valence-electron chi connectivity index (χ0n) is 7.30. The van der Waals surface area contributed by atoms with Gasteiger partial charge in [-0.3, -0.25) is 0 Å². The monoisotopic (exact) mass is 264 g/mol. The van der Waals surface area contributed by atoms with Gasteiger partial charge in [-0.15, -0.1) is 0 Å². The molecule has 0 heterocycles. The second-order valence-corrected chi connectivity index (χ2v) is 12.2. The van der Waals surface area contributed by atoms with Gasteiger partial charge in [-0.25, -0.2) is 0 Å². The zero-order valence-corrected chi connectivity index (χ0v) is 10.2. The second kappa shape index (κ2) is 5.80. The molecule has 0 saturated carbocycles. The van der Waals surface area contributed by atoms with E-state index in [2.05, 4.69) is 13.2 Å². The summed E-state index contributed by atoms with van der Waals surface area (Å²) in [6.07, 6.45) is 3.74. The Labute approximate surface area is 73.9 Å². The molecule has 2 nitrogen and oxygen atoms in total. The van der Waals surface area contributed by atoms with Gasteiger partial charge in [-0.05, 0) is 0 Å². The van der Waals surface area contributed by atoms with Crippen LogP contribution in [0.1, 0.15) is 0 Å². The first kappa shape index (κ1) is 11.2. The van der Waals surface area contributed by atoms with E-state index in [9.17, 15) is 0 Å². The van der Waals surface area contributed by atoms with Crippen LogP contribution in [0.5, 0.6) is 0 Å². The van der Waals surface area contributed by atoms with Gasteiger partial charge in [0.25, 0.3) is 0 Å². The summed E-state index contributed by atoms with van der Waals surface area (Å²) in [6.45, 7) is 7.36. The van der Waals surface area contributed by atoms with Crippen molar-refractivity contribution in [3.8, 4) is 0 Å². The predicted octanol–water partition coefficient (Wildman–Crippen LogP) is 2.09. The molecule has 0 amide bonds. The summed E-state index contributed by atoms with van der Waals surface area (Å²) < 4.78 is 12.6. The SMILES string of the molecule is C=C[CH2][Sn]([CH2]C=C)([O]C)[O]C. The summed E-state index contributed by atoms with van der Waals surface area (Å²) in [5.41, 5.74) is 0. The Hall–Kier alpha value is 0.199. The second-order valence-electron chi connectivity index (χ2n) is 2.30. The molecule has 0 unspecified atom stereocenters. The van der Waals surface area contributed by atoms with Crippen molar-refractivity contribution in [2.75, 3.05) is 14.2 Å². The van der Waals surface area contributed by atoms with Crippen molar-refractivity contribution in [3.63, 3.8) is 0 Å². The van der Waals surface area contributed by atoms with Crippen molar-refractivity contribution < 1.29 is 6.15 Å². The molecule has 0 aliphatic rings. The van der Waals surface area contributed by atoms with E-state index in [1.165, 1.54) is 0 Å². The molecule has 0 atom stereocenters. The van der Waals surface area contributed by atoms with Crippen LogP contribution in [0.25, 0.3) is 0 Å². The third-order valence-electron chi connectivity index (χ3n) is 1.65. The Morgan fingerprint density at radius 1 is 1.09 bits per heavy atom. The van der Waals surface area contributed by atoms with E-state index >= 15 is 0 Å². The molecule has 0 radical (unpaired) electrons. The zero-order chi connectivity index (χ0) is 8.74. The molecule has 0 aromatic heterocycles. The van der Waals surface area contributed by atoms with Gasteiger partial charge in [-0.1, -0.05) is 0 Å². The average molecular weight is 263 g/mol. The van der Waals surface area contributed by atoms with Gasteiger partial charge >= 0.3 is 73.8 Å². The third-order valence-corrected chi connectivity index (χ3v) is 11.1. The predicted molar refractivity (Wildman–Crippen MR) is 49.8 cm³/mol. The van der Waals surface area contributed by atoms with E-state index in [4.69, 9.17) is 6.15 Å². The first-order chi connectivity index (χ1) is 5.24. The van der Waals surface area contributed by atoms with E-state index in [1.54, 1.807) is 14.2 Å². The maximum absolute atomic E-state index is 5.41. The van der Waals surface area contributed by atoms with Gasteiger partial charge in [0.05, 0.1) is 0 Å². The summed E-state index contributed by atoms with van der Waals surface area (Å²) in [6, 6.07) is 0. The van der Waals surface area contributed by atoms with Gasteiger partial charge in [0, 0.05) is 0 Å². The fourth-order valence-electron chi connectivity index (χ4n) is 0.940. The fraction of sp³-hybridized carbons (Fsp3) is 0.500. The standard InChI is InChI=1S/2C3H5.2CH3O.Sn/c2*1-3-2;2*1-2;/h2*3H,1-2H2;2*1H3;/q;;2*-1;+2. The molecule has 0 fully saturated rings. The first-order valence-electron chi connectivity index (χ1n) is 3.56. The van der Waals surface area contributed by atoms with E-state index in [1.807, 2.05) is 12.2 Å². The average Bonchev–Trinajstić information content (AvgIpc) is 2.04. The molecule has 0 aromatic carbocycles. The van der Waals surface area contributed by atoms with Crippen molar-refractivity contribution >= 4 is 19.2 Å². The Morgan fingerprint density at radius 2 is 1.45 bits per heavy atom. The van der Waals surface area contributed by atoms with E-state index in [0.717, 1.165) is 8.87 Å². The quantitative estimate of drug-likeness (QED) is 0.539. The normalized spacial score (nSPS) is 11.1. The van der Waals surface area contributed by atoms with Crippen LogP contribution in [0.4, 0.5) is 0 Å². The molecular weight excluding hydrogens is 247 g/mol. The molecule has 0 aliphatic heterocycles. The molecule has 0 aromatic rings. The first-order valence-corrected chi connectivity index (χ1v) is 9.93. The van der Waals surface area contributed by atoms with Crippen molar-refractivity contribution in [3.05, 3.63) is 25.3 Å². The molecular formula is C8H16O2Sn. The van der Waals surface area contributed by atoms with Gasteiger partial charge in [-0.2, -0.15) is 0 Å². The molecule has 3 heteroatoms.